The molecule has 0 heterocycles. The van der Waals surface area contributed by atoms with E-state index in [1.165, 1.54) is 34.8 Å². The molecule has 7 nitrogen and oxygen atoms in total. The minimum Gasteiger partial charge on any atom is -0.489 e. The van der Waals surface area contributed by atoms with Crippen molar-refractivity contribution >= 4 is 33.7 Å². The number of carbonyl (C=O) groups excluding carboxylic acids is 1. The van der Waals surface area contributed by atoms with Crippen LogP contribution in [0.15, 0.2) is 88.9 Å². The molecule has 0 atom stereocenters. The molecule has 1 saturated carbocycles. The van der Waals surface area contributed by atoms with E-state index in [1.807, 2.05) is 54.6 Å². The quantitative estimate of drug-likeness (QED) is 0.276. The molecular formula is C28H30ClN3O4S. The third kappa shape index (κ3) is 7.64. The number of benzene rings is 3. The highest BCUT2D eigenvalue weighted by Gasteiger charge is 2.33. The van der Waals surface area contributed by atoms with Gasteiger partial charge in [-0.1, -0.05) is 73.3 Å². The lowest BCUT2D eigenvalue weighted by atomic mass is 9.95. The van der Waals surface area contributed by atoms with Crippen LogP contribution in [0, 0.1) is 0 Å². The van der Waals surface area contributed by atoms with Gasteiger partial charge in [-0.15, -0.1) is 0 Å². The van der Waals surface area contributed by atoms with Crippen LogP contribution in [-0.2, 0) is 21.4 Å². The Morgan fingerprint density at radius 1 is 1.00 bits per heavy atom. The Kier molecular flexibility index (Phi) is 9.33. The molecule has 0 unspecified atom stereocenters. The van der Waals surface area contributed by atoms with Gasteiger partial charge >= 0.3 is 0 Å². The summed E-state index contributed by atoms with van der Waals surface area (Å²) in [4.78, 5) is 12.9. The topological polar surface area (TPSA) is 88.1 Å². The maximum absolute atomic E-state index is 13.4. The third-order valence-electron chi connectivity index (χ3n) is 6.21. The molecule has 1 amide bonds. The molecule has 194 valence electrons. The average Bonchev–Trinajstić information content (AvgIpc) is 2.92. The fraction of sp³-hybridized carbons (Fsp3) is 0.286. The van der Waals surface area contributed by atoms with E-state index < -0.39 is 15.9 Å². The number of hydrazone groups is 1. The van der Waals surface area contributed by atoms with Crippen molar-refractivity contribution < 1.29 is 17.9 Å². The largest absolute Gasteiger partial charge is 0.489 e. The zero-order chi connectivity index (χ0) is 26.1. The molecule has 4 rings (SSSR count). The first-order valence-corrected chi connectivity index (χ1v) is 14.1. The van der Waals surface area contributed by atoms with Crippen LogP contribution in [0.5, 0.6) is 5.75 Å². The molecule has 0 spiro atoms. The van der Waals surface area contributed by atoms with Crippen LogP contribution >= 0.6 is 11.6 Å². The zero-order valence-corrected chi connectivity index (χ0v) is 22.0. The fourth-order valence-electron chi connectivity index (χ4n) is 4.30. The number of carbonyl (C=O) groups is 1. The van der Waals surface area contributed by atoms with Gasteiger partial charge in [0.05, 0.1) is 17.7 Å². The first-order chi connectivity index (χ1) is 17.9. The zero-order valence-electron chi connectivity index (χ0n) is 20.4. The van der Waals surface area contributed by atoms with Gasteiger partial charge in [-0.05, 0) is 60.4 Å². The Morgan fingerprint density at radius 3 is 2.46 bits per heavy atom. The van der Waals surface area contributed by atoms with Gasteiger partial charge in [0.1, 0.15) is 12.4 Å². The van der Waals surface area contributed by atoms with Crippen molar-refractivity contribution in [3.63, 3.8) is 0 Å². The number of hydrogen-bond acceptors (Lipinski definition) is 5. The van der Waals surface area contributed by atoms with E-state index in [4.69, 9.17) is 16.3 Å². The summed E-state index contributed by atoms with van der Waals surface area (Å²) in [5.41, 5.74) is 4.27. The lowest BCUT2D eigenvalue weighted by molar-refractivity contribution is -0.121. The van der Waals surface area contributed by atoms with Crippen LogP contribution in [-0.4, -0.2) is 37.4 Å². The first kappa shape index (κ1) is 26.9. The van der Waals surface area contributed by atoms with Crippen LogP contribution in [0.1, 0.15) is 43.2 Å². The summed E-state index contributed by atoms with van der Waals surface area (Å²) >= 11 is 5.94. The van der Waals surface area contributed by atoms with Crippen LogP contribution < -0.4 is 10.2 Å². The van der Waals surface area contributed by atoms with Gasteiger partial charge in [0.2, 0.25) is 10.0 Å². The van der Waals surface area contributed by atoms with Gasteiger partial charge in [0.15, 0.2) is 0 Å². The summed E-state index contributed by atoms with van der Waals surface area (Å²) in [5.74, 6) is 0.174. The molecule has 1 N–H and O–H groups in total. The van der Waals surface area contributed by atoms with Crippen molar-refractivity contribution in [2.45, 2.75) is 49.6 Å². The summed E-state index contributed by atoms with van der Waals surface area (Å²) in [6.07, 6.45) is 5.87. The molecule has 3 aromatic carbocycles. The van der Waals surface area contributed by atoms with Crippen LogP contribution in [0.25, 0.3) is 0 Å². The fourth-order valence-corrected chi connectivity index (χ4v) is 6.07. The summed E-state index contributed by atoms with van der Waals surface area (Å²) in [6.45, 7) is 0.129. The van der Waals surface area contributed by atoms with Crippen LogP contribution in [0.2, 0.25) is 5.02 Å². The summed E-state index contributed by atoms with van der Waals surface area (Å²) in [7, 11) is -3.88. The Bertz CT molecular complexity index is 1310. The van der Waals surface area contributed by atoms with E-state index in [-0.39, 0.29) is 17.5 Å². The van der Waals surface area contributed by atoms with E-state index in [9.17, 15) is 13.2 Å². The van der Waals surface area contributed by atoms with Crippen molar-refractivity contribution in [3.05, 3.63) is 95.0 Å². The number of ether oxygens (including phenoxy) is 1. The van der Waals surface area contributed by atoms with E-state index in [1.54, 1.807) is 0 Å². The van der Waals surface area contributed by atoms with Gasteiger partial charge in [-0.25, -0.2) is 13.8 Å². The minimum absolute atomic E-state index is 0.117. The number of halogens is 1. The van der Waals surface area contributed by atoms with Gasteiger partial charge < -0.3 is 4.74 Å². The minimum atomic E-state index is -3.88. The van der Waals surface area contributed by atoms with Crippen molar-refractivity contribution in [2.75, 3.05) is 6.54 Å². The third-order valence-corrected chi connectivity index (χ3v) is 8.38. The highest BCUT2D eigenvalue weighted by atomic mass is 35.5. The van der Waals surface area contributed by atoms with Crippen molar-refractivity contribution in [3.8, 4) is 5.75 Å². The van der Waals surface area contributed by atoms with E-state index in [0.29, 0.717) is 17.4 Å². The van der Waals surface area contributed by atoms with Crippen molar-refractivity contribution in [2.24, 2.45) is 5.10 Å². The van der Waals surface area contributed by atoms with Gasteiger partial charge in [0, 0.05) is 11.1 Å². The summed E-state index contributed by atoms with van der Waals surface area (Å²) in [5, 5.41) is 4.50. The monoisotopic (exact) mass is 539 g/mol. The molecule has 37 heavy (non-hydrogen) atoms. The predicted molar refractivity (Wildman–Crippen MR) is 145 cm³/mol. The normalized spacial score (nSPS) is 14.6. The molecule has 0 bridgehead atoms. The average molecular weight is 540 g/mol. The molecular weight excluding hydrogens is 510 g/mol. The Balaban J connectivity index is 1.39. The second-order valence-corrected chi connectivity index (χ2v) is 11.3. The highest BCUT2D eigenvalue weighted by Crippen LogP contribution is 2.28. The Morgan fingerprint density at radius 2 is 1.73 bits per heavy atom. The van der Waals surface area contributed by atoms with E-state index in [0.717, 1.165) is 43.2 Å². The number of nitrogens with one attached hydrogen (secondary N) is 1. The molecule has 0 aromatic heterocycles. The highest BCUT2D eigenvalue weighted by molar-refractivity contribution is 7.89. The predicted octanol–water partition coefficient (Wildman–Crippen LogP) is 5.39. The summed E-state index contributed by atoms with van der Waals surface area (Å²) in [6, 6.07) is 23.0. The smallest absolute Gasteiger partial charge is 0.255 e. The van der Waals surface area contributed by atoms with Crippen molar-refractivity contribution in [1.82, 2.24) is 9.73 Å². The van der Waals surface area contributed by atoms with Crippen LogP contribution in [0.4, 0.5) is 0 Å². The Labute approximate surface area is 223 Å². The Hall–Kier alpha value is -3.20. The molecule has 3 aromatic rings. The molecule has 1 aliphatic carbocycles. The number of nitrogens with zero attached hydrogens (tertiary/aromatic N) is 2. The summed E-state index contributed by atoms with van der Waals surface area (Å²) < 4.78 is 34.0. The molecule has 1 aliphatic rings. The SMILES string of the molecule is O=C(CN(C1CCCCC1)S(=O)(=O)c1ccc(Cl)cc1)N/N=C\c1cccc(OCc2ccccc2)c1. The molecule has 1 fully saturated rings. The molecule has 9 heteroatoms. The first-order valence-electron chi connectivity index (χ1n) is 12.3. The van der Waals surface area contributed by atoms with Gasteiger partial charge in [0.25, 0.3) is 5.91 Å². The van der Waals surface area contributed by atoms with Gasteiger partial charge in [-0.3, -0.25) is 4.79 Å². The van der Waals surface area contributed by atoms with E-state index in [2.05, 4.69) is 10.5 Å². The lowest BCUT2D eigenvalue weighted by Crippen LogP contribution is -2.46. The second kappa shape index (κ2) is 12.9. The van der Waals surface area contributed by atoms with Crippen molar-refractivity contribution in [1.29, 1.82) is 0 Å². The standard InChI is InChI=1S/C28H30ClN3O4S/c29-24-14-16-27(17-15-24)37(34,35)32(25-11-5-2-6-12-25)20-28(33)31-30-19-23-10-7-13-26(18-23)36-21-22-8-3-1-4-9-22/h1,3-4,7-10,13-19,25H,2,5-6,11-12,20-21H2,(H,31,33)/b30-19-. The maximum atomic E-state index is 13.4. The maximum Gasteiger partial charge on any atom is 0.255 e. The molecule has 0 saturated heterocycles. The van der Waals surface area contributed by atoms with Gasteiger partial charge in [-0.2, -0.15) is 9.41 Å². The number of sulfonamides is 1. The lowest BCUT2D eigenvalue weighted by Gasteiger charge is -2.32. The van der Waals surface area contributed by atoms with Crippen LogP contribution in [0.3, 0.4) is 0 Å². The second-order valence-electron chi connectivity index (χ2n) is 8.94. The molecule has 0 radical (unpaired) electrons. The number of rotatable bonds is 10. The number of hydrogen-bond donors (Lipinski definition) is 1. The molecule has 0 aliphatic heterocycles. The number of amides is 1. The van der Waals surface area contributed by atoms with E-state index >= 15 is 0 Å².